The molecule has 0 aliphatic heterocycles. The smallest absolute Gasteiger partial charge is 0.145 e. The minimum Gasteiger partial charge on any atom is -0.364 e. The van der Waals surface area contributed by atoms with Crippen molar-refractivity contribution in [2.24, 2.45) is 0 Å². The third kappa shape index (κ3) is 3.41. The lowest BCUT2D eigenvalue weighted by molar-refractivity contribution is 0.630. The van der Waals surface area contributed by atoms with E-state index >= 15 is 0 Å². The van der Waals surface area contributed by atoms with Crippen LogP contribution >= 0.6 is 23.2 Å². The number of halogens is 2. The molecule has 1 aromatic rings. The predicted octanol–water partition coefficient (Wildman–Crippen LogP) is 3.40. The second-order valence-electron chi connectivity index (χ2n) is 3.77. The zero-order chi connectivity index (χ0) is 10.1. The highest BCUT2D eigenvalue weighted by Crippen LogP contribution is 2.24. The van der Waals surface area contributed by atoms with E-state index in [1.807, 2.05) is 20.8 Å². The summed E-state index contributed by atoms with van der Waals surface area (Å²) < 4.78 is 0. The van der Waals surface area contributed by atoms with Crippen LogP contribution in [0.15, 0.2) is 6.20 Å². The van der Waals surface area contributed by atoms with Crippen LogP contribution in [0.4, 0.5) is 5.82 Å². The van der Waals surface area contributed by atoms with Gasteiger partial charge in [0.15, 0.2) is 0 Å². The Hall–Kier alpha value is -0.470. The van der Waals surface area contributed by atoms with Crippen LogP contribution in [0.2, 0.25) is 10.0 Å². The largest absolute Gasteiger partial charge is 0.364 e. The van der Waals surface area contributed by atoms with Gasteiger partial charge in [-0.25, -0.2) is 4.98 Å². The van der Waals surface area contributed by atoms with Crippen molar-refractivity contribution in [1.29, 1.82) is 0 Å². The van der Waals surface area contributed by atoms with Gasteiger partial charge in [-0.15, -0.1) is 0 Å². The summed E-state index contributed by atoms with van der Waals surface area (Å²) in [5, 5.41) is 3.98. The Morgan fingerprint density at radius 3 is 2.46 bits per heavy atom. The van der Waals surface area contributed by atoms with Gasteiger partial charge in [-0.2, -0.15) is 0 Å². The lowest BCUT2D eigenvalue weighted by Gasteiger charge is -2.21. The van der Waals surface area contributed by atoms with Gasteiger partial charge in [0.05, 0.1) is 10.0 Å². The minimum absolute atomic E-state index is 0.0711. The summed E-state index contributed by atoms with van der Waals surface area (Å²) in [6, 6.07) is 2.77. The van der Waals surface area contributed by atoms with Gasteiger partial charge in [-0.05, 0) is 20.8 Å². The number of rotatable bonds is 1. The molecular formula is C9H11Cl2N2. The Balaban J connectivity index is 2.90. The first-order valence-electron chi connectivity index (χ1n) is 3.90. The molecule has 0 saturated heterocycles. The second kappa shape index (κ2) is 3.72. The van der Waals surface area contributed by atoms with Crippen LogP contribution in [-0.2, 0) is 0 Å². The van der Waals surface area contributed by atoms with Crippen molar-refractivity contribution in [3.8, 4) is 0 Å². The molecule has 0 amide bonds. The standard InChI is InChI=1S/C9H11Cl2N2/c1-9(2,3)13-8-7(11)4-6(10)5-12-8/h5H,1-3H3,(H,12,13). The van der Waals surface area contributed by atoms with Crippen LogP contribution in [0.1, 0.15) is 20.8 Å². The number of hydrogen-bond acceptors (Lipinski definition) is 2. The van der Waals surface area contributed by atoms with E-state index in [4.69, 9.17) is 23.2 Å². The van der Waals surface area contributed by atoms with E-state index in [2.05, 4.69) is 16.4 Å². The SMILES string of the molecule is CC(C)(C)Nc1ncc(Cl)[c]c1Cl. The summed E-state index contributed by atoms with van der Waals surface area (Å²) in [4.78, 5) is 4.06. The summed E-state index contributed by atoms with van der Waals surface area (Å²) >= 11 is 11.5. The molecule has 0 aliphatic rings. The van der Waals surface area contributed by atoms with Gasteiger partial charge in [0.25, 0.3) is 0 Å². The van der Waals surface area contributed by atoms with Crippen molar-refractivity contribution < 1.29 is 0 Å². The van der Waals surface area contributed by atoms with Crippen molar-refractivity contribution in [3.05, 3.63) is 22.3 Å². The van der Waals surface area contributed by atoms with Crippen molar-refractivity contribution in [1.82, 2.24) is 4.98 Å². The summed E-state index contributed by atoms with van der Waals surface area (Å²) in [6.45, 7) is 6.08. The van der Waals surface area contributed by atoms with Crippen LogP contribution in [0.3, 0.4) is 0 Å². The zero-order valence-corrected chi connectivity index (χ0v) is 9.29. The van der Waals surface area contributed by atoms with Crippen LogP contribution in [-0.4, -0.2) is 10.5 Å². The molecule has 1 heterocycles. The molecule has 13 heavy (non-hydrogen) atoms. The molecule has 1 radical (unpaired) electrons. The number of pyridine rings is 1. The number of nitrogens with one attached hydrogen (secondary N) is 1. The van der Waals surface area contributed by atoms with Gasteiger partial charge in [0, 0.05) is 17.8 Å². The molecule has 1 rings (SSSR count). The highest BCUT2D eigenvalue weighted by molar-refractivity contribution is 6.35. The quantitative estimate of drug-likeness (QED) is 0.781. The Kier molecular flexibility index (Phi) is 3.04. The fraction of sp³-hybridized carbons (Fsp3) is 0.444. The summed E-state index contributed by atoms with van der Waals surface area (Å²) in [6.07, 6.45) is 1.52. The summed E-state index contributed by atoms with van der Waals surface area (Å²) in [5.74, 6) is 0.610. The monoisotopic (exact) mass is 217 g/mol. The molecule has 71 valence electrons. The first kappa shape index (κ1) is 10.6. The highest BCUT2D eigenvalue weighted by Gasteiger charge is 2.12. The van der Waals surface area contributed by atoms with Gasteiger partial charge in [-0.3, -0.25) is 0 Å². The average molecular weight is 218 g/mol. The van der Waals surface area contributed by atoms with Crippen molar-refractivity contribution in [2.75, 3.05) is 5.32 Å². The van der Waals surface area contributed by atoms with Crippen LogP contribution < -0.4 is 5.32 Å². The zero-order valence-electron chi connectivity index (χ0n) is 7.78. The molecule has 0 unspecified atom stereocenters. The van der Waals surface area contributed by atoms with Crippen LogP contribution in [0, 0.1) is 6.07 Å². The van der Waals surface area contributed by atoms with E-state index < -0.39 is 0 Å². The summed E-state index contributed by atoms with van der Waals surface area (Å²) in [5.41, 5.74) is -0.0711. The third-order valence-electron chi connectivity index (χ3n) is 1.24. The lowest BCUT2D eigenvalue weighted by atomic mass is 10.1. The number of hydrogen-bond donors (Lipinski definition) is 1. The highest BCUT2D eigenvalue weighted by atomic mass is 35.5. The fourth-order valence-corrected chi connectivity index (χ4v) is 1.21. The molecule has 0 aromatic carbocycles. The normalized spacial score (nSPS) is 11.5. The van der Waals surface area contributed by atoms with E-state index in [0.29, 0.717) is 15.9 Å². The van der Waals surface area contributed by atoms with Crippen LogP contribution in [0.5, 0.6) is 0 Å². The molecule has 1 aromatic heterocycles. The van der Waals surface area contributed by atoms with Gasteiger partial charge in [-0.1, -0.05) is 23.2 Å². The lowest BCUT2D eigenvalue weighted by Crippen LogP contribution is -2.26. The second-order valence-corrected chi connectivity index (χ2v) is 4.55. The molecule has 0 aliphatic carbocycles. The third-order valence-corrected chi connectivity index (χ3v) is 1.70. The molecule has 0 spiro atoms. The first-order chi connectivity index (χ1) is 5.88. The topological polar surface area (TPSA) is 24.9 Å². The molecule has 0 bridgehead atoms. The first-order valence-corrected chi connectivity index (χ1v) is 4.65. The maximum absolute atomic E-state index is 5.87. The molecule has 1 N–H and O–H groups in total. The maximum atomic E-state index is 5.87. The Bertz CT molecular complexity index is 305. The Morgan fingerprint density at radius 2 is 2.00 bits per heavy atom. The fourth-order valence-electron chi connectivity index (χ4n) is 0.817. The van der Waals surface area contributed by atoms with E-state index in [9.17, 15) is 0 Å². The van der Waals surface area contributed by atoms with E-state index in [0.717, 1.165) is 0 Å². The molecule has 0 atom stereocenters. The maximum Gasteiger partial charge on any atom is 0.145 e. The van der Waals surface area contributed by atoms with Crippen molar-refractivity contribution in [2.45, 2.75) is 26.3 Å². The van der Waals surface area contributed by atoms with Crippen molar-refractivity contribution in [3.63, 3.8) is 0 Å². The average Bonchev–Trinajstić information content (AvgIpc) is 1.93. The van der Waals surface area contributed by atoms with Crippen LogP contribution in [0.25, 0.3) is 0 Å². The molecule has 0 saturated carbocycles. The van der Waals surface area contributed by atoms with E-state index in [1.165, 1.54) is 6.20 Å². The Morgan fingerprint density at radius 1 is 1.38 bits per heavy atom. The number of nitrogens with zero attached hydrogens (tertiary/aromatic N) is 1. The molecule has 0 fully saturated rings. The van der Waals surface area contributed by atoms with E-state index in [1.54, 1.807) is 0 Å². The van der Waals surface area contributed by atoms with Crippen molar-refractivity contribution >= 4 is 29.0 Å². The predicted molar refractivity (Wildman–Crippen MR) is 56.5 cm³/mol. The van der Waals surface area contributed by atoms with Gasteiger partial charge >= 0.3 is 0 Å². The number of aromatic nitrogens is 1. The molecular weight excluding hydrogens is 207 g/mol. The molecule has 4 heteroatoms. The minimum atomic E-state index is -0.0711. The number of anilines is 1. The van der Waals surface area contributed by atoms with Gasteiger partial charge in [0.2, 0.25) is 0 Å². The summed E-state index contributed by atoms with van der Waals surface area (Å²) in [7, 11) is 0. The van der Waals surface area contributed by atoms with Gasteiger partial charge in [0.1, 0.15) is 5.82 Å². The Labute approximate surface area is 88.3 Å². The van der Waals surface area contributed by atoms with Gasteiger partial charge < -0.3 is 5.32 Å². The molecule has 2 nitrogen and oxygen atoms in total. The van der Waals surface area contributed by atoms with E-state index in [-0.39, 0.29) is 5.54 Å².